The van der Waals surface area contributed by atoms with Gasteiger partial charge in [0.15, 0.2) is 6.19 Å². The number of aromatic nitrogens is 2. The summed E-state index contributed by atoms with van der Waals surface area (Å²) in [5.74, 6) is -0.310. The molecule has 0 saturated carbocycles. The molecule has 1 aromatic heterocycles. The van der Waals surface area contributed by atoms with Gasteiger partial charge in [0, 0.05) is 19.8 Å². The van der Waals surface area contributed by atoms with Gasteiger partial charge in [0.25, 0.3) is 5.91 Å². The van der Waals surface area contributed by atoms with E-state index in [-0.39, 0.29) is 5.91 Å². The first-order valence-corrected chi connectivity index (χ1v) is 4.93. The lowest BCUT2D eigenvalue weighted by Gasteiger charge is -2.11. The third kappa shape index (κ3) is 2.48. The molecule has 0 spiro atoms. The van der Waals surface area contributed by atoms with Crippen molar-refractivity contribution in [2.75, 3.05) is 6.54 Å². The molecule has 0 atom stereocenters. The van der Waals surface area contributed by atoms with Gasteiger partial charge in [-0.25, -0.2) is 4.90 Å². The summed E-state index contributed by atoms with van der Waals surface area (Å²) in [6.07, 6.45) is 5.76. The Morgan fingerprint density at radius 1 is 1.81 bits per heavy atom. The molecule has 16 heavy (non-hydrogen) atoms. The minimum absolute atomic E-state index is 0.310. The molecule has 0 saturated heterocycles. The summed E-state index contributed by atoms with van der Waals surface area (Å²) in [5, 5.41) is 12.9. The quantitative estimate of drug-likeness (QED) is 0.434. The van der Waals surface area contributed by atoms with Crippen LogP contribution in [0.25, 0.3) is 0 Å². The highest BCUT2D eigenvalue weighted by atomic mass is 16.2. The zero-order valence-corrected chi connectivity index (χ0v) is 9.47. The first-order valence-electron chi connectivity index (χ1n) is 4.93. The lowest BCUT2D eigenvalue weighted by atomic mass is 10.2. The summed E-state index contributed by atoms with van der Waals surface area (Å²) in [5.41, 5.74) is 1.10. The number of hydrogen-bond acceptors (Lipinski definition) is 3. The van der Waals surface area contributed by atoms with Gasteiger partial charge in [0.05, 0.1) is 11.3 Å². The van der Waals surface area contributed by atoms with E-state index in [9.17, 15) is 4.79 Å². The van der Waals surface area contributed by atoms with E-state index in [2.05, 4.69) is 11.7 Å². The highest BCUT2D eigenvalue weighted by molar-refractivity contribution is 5.96. The third-order valence-corrected chi connectivity index (χ3v) is 2.17. The molecule has 0 aromatic carbocycles. The van der Waals surface area contributed by atoms with Crippen LogP contribution in [0, 0.1) is 18.4 Å². The van der Waals surface area contributed by atoms with E-state index >= 15 is 0 Å². The van der Waals surface area contributed by atoms with Gasteiger partial charge in [0.2, 0.25) is 0 Å². The van der Waals surface area contributed by atoms with Crippen molar-refractivity contribution in [3.05, 3.63) is 30.1 Å². The summed E-state index contributed by atoms with van der Waals surface area (Å²) < 4.78 is 1.56. The average Bonchev–Trinajstić information content (AvgIpc) is 2.58. The van der Waals surface area contributed by atoms with Crippen molar-refractivity contribution in [3.63, 3.8) is 0 Å². The predicted octanol–water partition coefficient (Wildman–Crippen LogP) is 1.23. The summed E-state index contributed by atoms with van der Waals surface area (Å²) in [7, 11) is 1.74. The van der Waals surface area contributed by atoms with Gasteiger partial charge in [-0.2, -0.15) is 10.4 Å². The van der Waals surface area contributed by atoms with Gasteiger partial charge in [-0.05, 0) is 13.3 Å². The third-order valence-electron chi connectivity index (χ3n) is 2.17. The van der Waals surface area contributed by atoms with Crippen molar-refractivity contribution in [3.8, 4) is 6.19 Å². The van der Waals surface area contributed by atoms with Gasteiger partial charge < -0.3 is 0 Å². The zero-order chi connectivity index (χ0) is 12.1. The minimum atomic E-state index is -0.310. The van der Waals surface area contributed by atoms with Crippen molar-refractivity contribution in [2.24, 2.45) is 7.05 Å². The van der Waals surface area contributed by atoms with Crippen LogP contribution in [0.3, 0.4) is 0 Å². The molecule has 0 unspecified atom stereocenters. The predicted molar refractivity (Wildman–Crippen MR) is 59.4 cm³/mol. The minimum Gasteiger partial charge on any atom is -0.275 e. The second-order valence-corrected chi connectivity index (χ2v) is 3.44. The summed E-state index contributed by atoms with van der Waals surface area (Å²) in [4.78, 5) is 13.0. The smallest absolute Gasteiger partial charge is 0.270 e. The molecular weight excluding hydrogens is 204 g/mol. The largest absolute Gasteiger partial charge is 0.275 e. The second kappa shape index (κ2) is 5.12. The second-order valence-electron chi connectivity index (χ2n) is 3.44. The van der Waals surface area contributed by atoms with E-state index in [4.69, 9.17) is 5.26 Å². The Bertz CT molecular complexity index is 441. The maximum atomic E-state index is 11.9. The van der Waals surface area contributed by atoms with Crippen LogP contribution < -0.4 is 0 Å². The molecule has 1 rings (SSSR count). The van der Waals surface area contributed by atoms with Crippen LogP contribution in [0.5, 0.6) is 0 Å². The van der Waals surface area contributed by atoms with E-state index in [0.29, 0.717) is 24.2 Å². The number of nitriles is 1. The Morgan fingerprint density at radius 2 is 2.50 bits per heavy atom. The van der Waals surface area contributed by atoms with E-state index in [1.54, 1.807) is 30.9 Å². The number of nitrogens with zero attached hydrogens (tertiary/aromatic N) is 4. The monoisotopic (exact) mass is 218 g/mol. The zero-order valence-electron chi connectivity index (χ0n) is 9.47. The van der Waals surface area contributed by atoms with Crippen molar-refractivity contribution in [1.29, 1.82) is 5.26 Å². The van der Waals surface area contributed by atoms with Crippen molar-refractivity contribution < 1.29 is 4.79 Å². The van der Waals surface area contributed by atoms with E-state index in [1.807, 2.05) is 6.19 Å². The van der Waals surface area contributed by atoms with Crippen LogP contribution >= 0.6 is 0 Å². The van der Waals surface area contributed by atoms with Gasteiger partial charge in [-0.1, -0.05) is 6.08 Å². The van der Waals surface area contributed by atoms with Crippen LogP contribution in [-0.4, -0.2) is 27.1 Å². The molecule has 0 N–H and O–H groups in total. The van der Waals surface area contributed by atoms with E-state index in [0.717, 1.165) is 4.90 Å². The summed E-state index contributed by atoms with van der Waals surface area (Å²) in [6, 6.07) is 0. The average molecular weight is 218 g/mol. The van der Waals surface area contributed by atoms with Gasteiger partial charge >= 0.3 is 0 Å². The molecular formula is C11H14N4O. The first kappa shape index (κ1) is 12.0. The standard InChI is InChI=1S/C11H14N4O/c1-4-5-6-15(8-12)11(16)10-7-14(3)13-9(10)2/h4,7H,1,5-6H2,2-3H3. The van der Waals surface area contributed by atoms with Crippen molar-refractivity contribution in [1.82, 2.24) is 14.7 Å². The van der Waals surface area contributed by atoms with Crippen LogP contribution in [0.4, 0.5) is 0 Å². The van der Waals surface area contributed by atoms with Crippen molar-refractivity contribution in [2.45, 2.75) is 13.3 Å². The number of carbonyl (C=O) groups excluding carboxylic acids is 1. The number of hydrogen-bond donors (Lipinski definition) is 0. The fourth-order valence-electron chi connectivity index (χ4n) is 1.37. The lowest BCUT2D eigenvalue weighted by molar-refractivity contribution is 0.0833. The Labute approximate surface area is 94.6 Å². The SMILES string of the molecule is C=CCCN(C#N)C(=O)c1cn(C)nc1C. The Balaban J connectivity index is 2.87. The highest BCUT2D eigenvalue weighted by Gasteiger charge is 2.18. The molecule has 0 bridgehead atoms. The molecule has 0 radical (unpaired) electrons. The Kier molecular flexibility index (Phi) is 3.84. The highest BCUT2D eigenvalue weighted by Crippen LogP contribution is 2.08. The molecule has 5 heteroatoms. The number of carbonyl (C=O) groups is 1. The molecule has 0 fully saturated rings. The molecule has 5 nitrogen and oxygen atoms in total. The van der Waals surface area contributed by atoms with Crippen molar-refractivity contribution >= 4 is 5.91 Å². The molecule has 1 aromatic rings. The molecule has 84 valence electrons. The normalized spacial score (nSPS) is 9.56. The molecule has 0 aliphatic heterocycles. The topological polar surface area (TPSA) is 61.9 Å². The Morgan fingerprint density at radius 3 is 2.94 bits per heavy atom. The van der Waals surface area contributed by atoms with Gasteiger partial charge in [-0.15, -0.1) is 6.58 Å². The lowest BCUT2D eigenvalue weighted by Crippen LogP contribution is -2.27. The summed E-state index contributed by atoms with van der Waals surface area (Å²) >= 11 is 0. The fraction of sp³-hybridized carbons (Fsp3) is 0.364. The maximum Gasteiger partial charge on any atom is 0.270 e. The van der Waals surface area contributed by atoms with E-state index in [1.165, 1.54) is 0 Å². The fourth-order valence-corrected chi connectivity index (χ4v) is 1.37. The number of rotatable bonds is 4. The molecule has 0 aliphatic carbocycles. The van der Waals surface area contributed by atoms with Crippen LogP contribution in [0.1, 0.15) is 22.5 Å². The van der Waals surface area contributed by atoms with Gasteiger partial charge in [-0.3, -0.25) is 9.48 Å². The summed E-state index contributed by atoms with van der Waals surface area (Å²) in [6.45, 7) is 5.66. The Hall–Kier alpha value is -2.09. The van der Waals surface area contributed by atoms with Crippen LogP contribution in [0.15, 0.2) is 18.9 Å². The number of amides is 1. The first-order chi connectivity index (χ1) is 7.60. The molecule has 0 aliphatic rings. The molecule has 1 heterocycles. The van der Waals surface area contributed by atoms with E-state index < -0.39 is 0 Å². The maximum absolute atomic E-state index is 11.9. The molecule has 1 amide bonds. The number of aryl methyl sites for hydroxylation is 2. The van der Waals surface area contributed by atoms with Gasteiger partial charge in [0.1, 0.15) is 0 Å². The van der Waals surface area contributed by atoms with Crippen LogP contribution in [-0.2, 0) is 7.05 Å². The van der Waals surface area contributed by atoms with Crippen LogP contribution in [0.2, 0.25) is 0 Å².